The minimum absolute atomic E-state index is 0.250. The number of rotatable bonds is 0. The van der Waals surface area contributed by atoms with Gasteiger partial charge in [-0.3, -0.25) is 4.79 Å². The average molecular weight is 363 g/mol. The Hall–Kier alpha value is -3.22. The molecule has 0 saturated heterocycles. The van der Waals surface area contributed by atoms with E-state index in [0.29, 0.717) is 23.9 Å². The molecule has 4 heterocycles. The highest BCUT2D eigenvalue weighted by atomic mass is 16.5. The number of imidazole rings is 1. The molecule has 1 atom stereocenters. The third kappa shape index (κ3) is 3.53. The Balaban J connectivity index is 1.77. The van der Waals surface area contributed by atoms with E-state index in [-0.39, 0.29) is 11.9 Å². The second kappa shape index (κ2) is 7.19. The summed E-state index contributed by atoms with van der Waals surface area (Å²) in [5.41, 5.74) is 2.03. The normalized spacial score (nSPS) is 17.1. The largest absolute Gasteiger partial charge is 0.477 e. The van der Waals surface area contributed by atoms with Gasteiger partial charge < -0.3 is 14.6 Å². The molecule has 2 bridgehead atoms. The predicted molar refractivity (Wildman–Crippen MR) is 102 cm³/mol. The van der Waals surface area contributed by atoms with E-state index >= 15 is 0 Å². The van der Waals surface area contributed by atoms with Gasteiger partial charge in [-0.2, -0.15) is 0 Å². The molecule has 4 rings (SSSR count). The number of carbonyl (C=O) groups excluding carboxylic acids is 1. The molecular weight excluding hydrogens is 342 g/mol. The van der Waals surface area contributed by atoms with Crippen molar-refractivity contribution in [2.24, 2.45) is 0 Å². The zero-order valence-corrected chi connectivity index (χ0v) is 15.3. The van der Waals surface area contributed by atoms with Crippen molar-refractivity contribution in [2.45, 2.75) is 32.7 Å². The number of pyridine rings is 2. The minimum atomic E-state index is -0.292. The van der Waals surface area contributed by atoms with Crippen LogP contribution in [0.5, 0.6) is 5.88 Å². The van der Waals surface area contributed by atoms with E-state index in [4.69, 9.17) is 4.74 Å². The smallest absolute Gasteiger partial charge is 0.262 e. The number of hydrogen-bond donors (Lipinski definition) is 1. The van der Waals surface area contributed by atoms with E-state index in [1.54, 1.807) is 24.5 Å². The lowest BCUT2D eigenvalue weighted by Gasteiger charge is -2.18. The van der Waals surface area contributed by atoms with Crippen molar-refractivity contribution >= 4 is 11.7 Å². The third-order valence-corrected chi connectivity index (χ3v) is 4.60. The molecule has 0 saturated carbocycles. The van der Waals surface area contributed by atoms with E-state index in [1.165, 1.54) is 0 Å². The number of fused-ring (bicyclic) bond motifs is 5. The first-order valence-corrected chi connectivity index (χ1v) is 9.03. The zero-order chi connectivity index (χ0) is 18.8. The molecule has 1 aliphatic rings. The maximum Gasteiger partial charge on any atom is 0.262 e. The summed E-state index contributed by atoms with van der Waals surface area (Å²) in [7, 11) is 0. The number of ether oxygens (including phenoxy) is 1. The highest BCUT2D eigenvalue weighted by molar-refractivity contribution is 6.05. The van der Waals surface area contributed by atoms with Gasteiger partial charge in [-0.25, -0.2) is 15.0 Å². The maximum atomic E-state index is 12.8. The molecule has 0 radical (unpaired) electrons. The molecule has 138 valence electrons. The first kappa shape index (κ1) is 17.2. The fraction of sp³-hybridized carbons (Fsp3) is 0.300. The van der Waals surface area contributed by atoms with E-state index < -0.39 is 0 Å². The molecule has 0 unspecified atom stereocenters. The Morgan fingerprint density at radius 1 is 1.30 bits per heavy atom. The summed E-state index contributed by atoms with van der Waals surface area (Å²) in [6.07, 6.45) is 7.18. The van der Waals surface area contributed by atoms with Crippen molar-refractivity contribution in [3.8, 4) is 17.4 Å². The van der Waals surface area contributed by atoms with Crippen LogP contribution >= 0.6 is 0 Å². The molecule has 0 aliphatic carbocycles. The summed E-state index contributed by atoms with van der Waals surface area (Å²) in [6, 6.07) is 7.55. The van der Waals surface area contributed by atoms with Crippen molar-refractivity contribution in [3.63, 3.8) is 0 Å². The lowest BCUT2D eigenvalue weighted by Crippen LogP contribution is -2.17. The van der Waals surface area contributed by atoms with Crippen LogP contribution in [0.4, 0.5) is 5.82 Å². The van der Waals surface area contributed by atoms with Gasteiger partial charge in [0.15, 0.2) is 5.82 Å². The first-order valence-electron chi connectivity index (χ1n) is 9.03. The van der Waals surface area contributed by atoms with E-state index in [1.807, 2.05) is 25.3 Å². The van der Waals surface area contributed by atoms with E-state index in [9.17, 15) is 4.79 Å². The lowest BCUT2D eigenvalue weighted by atomic mass is 10.1. The molecule has 0 aromatic carbocycles. The maximum absolute atomic E-state index is 12.8. The van der Waals surface area contributed by atoms with Crippen LogP contribution in [-0.4, -0.2) is 32.0 Å². The summed E-state index contributed by atoms with van der Waals surface area (Å²) in [6.45, 7) is 4.54. The van der Waals surface area contributed by atoms with Crippen LogP contribution in [0.25, 0.3) is 11.5 Å². The molecule has 7 nitrogen and oxygen atoms in total. The number of carbonyl (C=O) groups is 1. The van der Waals surface area contributed by atoms with Crippen molar-refractivity contribution in [2.75, 3.05) is 11.9 Å². The van der Waals surface area contributed by atoms with Crippen molar-refractivity contribution < 1.29 is 9.53 Å². The third-order valence-electron chi connectivity index (χ3n) is 4.60. The Kier molecular flexibility index (Phi) is 4.58. The van der Waals surface area contributed by atoms with Gasteiger partial charge >= 0.3 is 0 Å². The summed E-state index contributed by atoms with van der Waals surface area (Å²) < 4.78 is 7.92. The van der Waals surface area contributed by atoms with Crippen LogP contribution in [0, 0.1) is 6.92 Å². The topological polar surface area (TPSA) is 81.9 Å². The molecule has 27 heavy (non-hydrogen) atoms. The molecular formula is C20H21N5O2. The number of hydrogen-bond acceptors (Lipinski definition) is 5. The van der Waals surface area contributed by atoms with Gasteiger partial charge in [0.25, 0.3) is 5.91 Å². The molecule has 0 fully saturated rings. The quantitative estimate of drug-likeness (QED) is 0.659. The number of anilines is 1. The highest BCUT2D eigenvalue weighted by Gasteiger charge is 2.18. The molecule has 3 aromatic heterocycles. The number of nitrogens with zero attached hydrogens (tertiary/aromatic N) is 4. The first-order chi connectivity index (χ1) is 13.1. The second-order valence-electron chi connectivity index (χ2n) is 6.73. The molecule has 1 N–H and O–H groups in total. The standard InChI is InChI=1S/C20H21N5O2/c1-13-11-15-19(26)24-17-7-3-6-16(23-17)18-21-8-9-25(18)14(2)5-4-10-27-20(15)22-12-13/h3,6-9,11-12,14H,4-5,10H2,1-2H3,(H,23,24,26)/t14-/m0/s1. The number of aromatic nitrogens is 4. The van der Waals surface area contributed by atoms with Gasteiger partial charge in [0.05, 0.1) is 6.61 Å². The fourth-order valence-electron chi connectivity index (χ4n) is 3.20. The van der Waals surface area contributed by atoms with Crippen LogP contribution in [-0.2, 0) is 0 Å². The van der Waals surface area contributed by atoms with Gasteiger partial charge in [0.2, 0.25) is 5.88 Å². The summed E-state index contributed by atoms with van der Waals surface area (Å²) in [5.74, 6) is 1.31. The molecule has 1 amide bonds. The van der Waals surface area contributed by atoms with Crippen LogP contribution in [0.1, 0.15) is 41.7 Å². The number of nitrogens with one attached hydrogen (secondary N) is 1. The summed E-state index contributed by atoms with van der Waals surface area (Å²) >= 11 is 0. The van der Waals surface area contributed by atoms with Crippen LogP contribution in [0.15, 0.2) is 42.9 Å². The van der Waals surface area contributed by atoms with E-state index in [0.717, 1.165) is 29.9 Å². The van der Waals surface area contributed by atoms with Gasteiger partial charge in [-0.15, -0.1) is 0 Å². The second-order valence-corrected chi connectivity index (χ2v) is 6.73. The Morgan fingerprint density at radius 2 is 2.19 bits per heavy atom. The molecule has 7 heteroatoms. The van der Waals surface area contributed by atoms with Gasteiger partial charge in [-0.05, 0) is 50.5 Å². The highest BCUT2D eigenvalue weighted by Crippen LogP contribution is 2.25. The Labute approximate surface area is 157 Å². The Bertz CT molecular complexity index is 982. The van der Waals surface area contributed by atoms with Crippen molar-refractivity contribution in [1.82, 2.24) is 19.5 Å². The number of aryl methyl sites for hydroxylation is 1. The van der Waals surface area contributed by atoms with Crippen molar-refractivity contribution in [3.05, 3.63) is 54.0 Å². The average Bonchev–Trinajstić information content (AvgIpc) is 3.15. The molecule has 1 aliphatic heterocycles. The SMILES string of the molecule is Cc1cnc2c(c1)C(=O)Nc1cccc(n1)-c1nccn1[C@@H](C)CCCO2. The Morgan fingerprint density at radius 3 is 3.07 bits per heavy atom. The fourth-order valence-corrected chi connectivity index (χ4v) is 3.20. The number of amides is 1. The minimum Gasteiger partial charge on any atom is -0.477 e. The summed E-state index contributed by atoms with van der Waals surface area (Å²) in [5, 5.41) is 2.85. The molecule has 0 spiro atoms. The monoisotopic (exact) mass is 363 g/mol. The van der Waals surface area contributed by atoms with Crippen LogP contribution < -0.4 is 10.1 Å². The zero-order valence-electron chi connectivity index (χ0n) is 15.3. The lowest BCUT2D eigenvalue weighted by molar-refractivity contribution is 0.102. The van der Waals surface area contributed by atoms with Crippen LogP contribution in [0.3, 0.4) is 0 Å². The molecule has 3 aromatic rings. The van der Waals surface area contributed by atoms with E-state index in [2.05, 4.69) is 31.8 Å². The predicted octanol–water partition coefficient (Wildman–Crippen LogP) is 3.63. The van der Waals surface area contributed by atoms with Crippen molar-refractivity contribution in [1.29, 1.82) is 0 Å². The summed E-state index contributed by atoms with van der Waals surface area (Å²) in [4.78, 5) is 26.1. The van der Waals surface area contributed by atoms with Gasteiger partial charge in [0, 0.05) is 24.6 Å². The van der Waals surface area contributed by atoms with Gasteiger partial charge in [0.1, 0.15) is 17.1 Å². The van der Waals surface area contributed by atoms with Gasteiger partial charge in [-0.1, -0.05) is 6.07 Å². The van der Waals surface area contributed by atoms with Crippen LogP contribution in [0.2, 0.25) is 0 Å².